The van der Waals surface area contributed by atoms with Gasteiger partial charge in [-0.15, -0.1) is 12.4 Å². The molecule has 1 aliphatic carbocycles. The van der Waals surface area contributed by atoms with Gasteiger partial charge in [0.25, 0.3) is 0 Å². The summed E-state index contributed by atoms with van der Waals surface area (Å²) in [5.41, 5.74) is 0.924. The minimum absolute atomic E-state index is 0. The van der Waals surface area contributed by atoms with Crippen molar-refractivity contribution in [3.8, 4) is 11.5 Å². The topological polar surface area (TPSA) is 50.8 Å². The van der Waals surface area contributed by atoms with Crippen molar-refractivity contribution in [3.05, 3.63) is 29.8 Å². The number of hydrogen-bond donors (Lipinski definition) is 1. The van der Waals surface area contributed by atoms with Crippen molar-refractivity contribution in [3.63, 3.8) is 0 Å². The Morgan fingerprint density at radius 3 is 2.48 bits per heavy atom. The van der Waals surface area contributed by atoms with Crippen molar-refractivity contribution in [1.29, 1.82) is 0 Å². The molecule has 0 aliphatic heterocycles. The van der Waals surface area contributed by atoms with Gasteiger partial charge < -0.3 is 19.7 Å². The number of amides is 1. The number of unbranched alkanes of at least 4 members (excludes halogenated alkanes) is 2. The predicted molar refractivity (Wildman–Crippen MR) is 134 cm³/mol. The molecule has 0 saturated heterocycles. The number of nitrogens with zero attached hydrogens (tertiary/aromatic N) is 1. The van der Waals surface area contributed by atoms with Gasteiger partial charge in [-0.05, 0) is 95.3 Å². The van der Waals surface area contributed by atoms with Gasteiger partial charge in [0, 0.05) is 12.1 Å². The second kappa shape index (κ2) is 16.8. The molecule has 1 aromatic rings. The molecule has 1 amide bonds. The summed E-state index contributed by atoms with van der Waals surface area (Å²) in [6.07, 6.45) is 11.3. The average Bonchev–Trinajstić information content (AvgIpc) is 2.71. The summed E-state index contributed by atoms with van der Waals surface area (Å²) in [6, 6.07) is 6.09. The Morgan fingerprint density at radius 1 is 1.13 bits per heavy atom. The van der Waals surface area contributed by atoms with Crippen LogP contribution in [0.3, 0.4) is 0 Å². The van der Waals surface area contributed by atoms with Crippen LogP contribution in [0.15, 0.2) is 24.3 Å². The zero-order valence-electron chi connectivity index (χ0n) is 19.0. The third kappa shape index (κ3) is 12.2. The van der Waals surface area contributed by atoms with E-state index in [0.29, 0.717) is 18.4 Å². The van der Waals surface area contributed by atoms with Crippen molar-refractivity contribution in [2.24, 2.45) is 5.92 Å². The van der Waals surface area contributed by atoms with E-state index < -0.39 is 0 Å². The van der Waals surface area contributed by atoms with Gasteiger partial charge in [-0.25, -0.2) is 0 Å². The quantitative estimate of drug-likeness (QED) is 0.303. The predicted octanol–water partition coefficient (Wildman–Crippen LogP) is 4.29. The number of carbonyl (C=O) groups is 1. The SMILES string of the molecule is COc1cc(C=CC(=O)NC2CCC(C)CC2)ccc1OCCCCCN(C)C.Cl.[NaH]. The standard InChI is InChI=1S/C24H38N2O3.ClH.Na.H/c1-19-8-12-21(13-9-19)25-24(27)15-11-20-10-14-22(23(18-20)28-4)29-17-7-5-6-16-26(2)3;;;/h10-11,14-15,18-19,21H,5-9,12-13,16-17H2,1-4H3,(H,25,27);1H;;. The van der Waals surface area contributed by atoms with E-state index in [9.17, 15) is 4.79 Å². The molecule has 1 saturated carbocycles. The molecule has 1 N–H and O–H groups in total. The number of benzene rings is 1. The van der Waals surface area contributed by atoms with Crippen molar-refractivity contribution in [1.82, 2.24) is 10.2 Å². The third-order valence-corrected chi connectivity index (χ3v) is 5.48. The Balaban J connectivity index is 0.00000450. The Bertz CT molecular complexity index is 662. The van der Waals surface area contributed by atoms with E-state index in [1.54, 1.807) is 13.2 Å². The summed E-state index contributed by atoms with van der Waals surface area (Å²) >= 11 is 0. The summed E-state index contributed by atoms with van der Waals surface area (Å²) in [6.45, 7) is 4.07. The second-order valence-electron chi connectivity index (χ2n) is 8.42. The van der Waals surface area contributed by atoms with E-state index in [2.05, 4.69) is 31.2 Å². The molecule has 0 radical (unpaired) electrons. The van der Waals surface area contributed by atoms with E-state index in [1.807, 2.05) is 24.3 Å². The van der Waals surface area contributed by atoms with E-state index in [1.165, 1.54) is 19.3 Å². The van der Waals surface area contributed by atoms with Crippen LogP contribution >= 0.6 is 12.4 Å². The molecule has 1 aliphatic rings. The number of halogens is 1. The van der Waals surface area contributed by atoms with Gasteiger partial charge in [0.2, 0.25) is 5.91 Å². The summed E-state index contributed by atoms with van der Waals surface area (Å²) in [7, 11) is 5.83. The van der Waals surface area contributed by atoms with E-state index in [4.69, 9.17) is 9.47 Å². The molecule has 5 nitrogen and oxygen atoms in total. The van der Waals surface area contributed by atoms with Crippen LogP contribution in [0.1, 0.15) is 57.4 Å². The first-order valence-electron chi connectivity index (χ1n) is 10.9. The number of hydrogen-bond acceptors (Lipinski definition) is 4. The van der Waals surface area contributed by atoms with Gasteiger partial charge in [0.05, 0.1) is 13.7 Å². The monoisotopic (exact) mass is 462 g/mol. The molecule has 7 heteroatoms. The fourth-order valence-electron chi connectivity index (χ4n) is 3.62. The Morgan fingerprint density at radius 2 is 1.84 bits per heavy atom. The first kappa shape index (κ1) is 30.3. The van der Waals surface area contributed by atoms with Gasteiger partial charge >= 0.3 is 29.6 Å². The van der Waals surface area contributed by atoms with Gasteiger partial charge in [-0.3, -0.25) is 4.79 Å². The van der Waals surface area contributed by atoms with E-state index >= 15 is 0 Å². The number of carbonyl (C=O) groups excluding carboxylic acids is 1. The maximum absolute atomic E-state index is 12.2. The first-order chi connectivity index (χ1) is 14.0. The van der Waals surface area contributed by atoms with Crippen LogP contribution < -0.4 is 14.8 Å². The minimum atomic E-state index is -0.0263. The maximum atomic E-state index is 12.2. The molecule has 172 valence electrons. The van der Waals surface area contributed by atoms with E-state index in [-0.39, 0.29) is 47.9 Å². The molecule has 0 unspecified atom stereocenters. The van der Waals surface area contributed by atoms with Crippen LogP contribution in [0.25, 0.3) is 6.08 Å². The molecule has 0 bridgehead atoms. The molecule has 0 aromatic heterocycles. The van der Waals surface area contributed by atoms with Crippen LogP contribution in [0.4, 0.5) is 0 Å². The summed E-state index contributed by atoms with van der Waals surface area (Å²) in [5, 5.41) is 3.12. The zero-order chi connectivity index (χ0) is 21.1. The molecule has 0 spiro atoms. The van der Waals surface area contributed by atoms with Gasteiger partial charge in [-0.2, -0.15) is 0 Å². The average molecular weight is 463 g/mol. The van der Waals surface area contributed by atoms with Crippen LogP contribution in [0.5, 0.6) is 11.5 Å². The first-order valence-corrected chi connectivity index (χ1v) is 10.9. The number of nitrogens with one attached hydrogen (secondary N) is 1. The summed E-state index contributed by atoms with van der Waals surface area (Å²) in [5.74, 6) is 2.20. The Labute approximate surface area is 217 Å². The van der Waals surface area contributed by atoms with Crippen molar-refractivity contribution in [2.45, 2.75) is 57.9 Å². The molecule has 1 fully saturated rings. The Kier molecular flexibility index (Phi) is 16.5. The molecular weight excluding hydrogens is 423 g/mol. The number of ether oxygens (including phenoxy) is 2. The van der Waals surface area contributed by atoms with Crippen LogP contribution in [0.2, 0.25) is 0 Å². The summed E-state index contributed by atoms with van der Waals surface area (Å²) < 4.78 is 11.4. The fraction of sp³-hybridized carbons (Fsp3) is 0.625. The molecule has 0 atom stereocenters. The molecule has 2 rings (SSSR count). The fourth-order valence-corrected chi connectivity index (χ4v) is 3.62. The van der Waals surface area contributed by atoms with Crippen molar-refractivity contribution in [2.75, 3.05) is 34.4 Å². The van der Waals surface area contributed by atoms with Gasteiger partial charge in [0.15, 0.2) is 11.5 Å². The normalized spacial score (nSPS) is 18.2. The second-order valence-corrected chi connectivity index (χ2v) is 8.42. The van der Waals surface area contributed by atoms with Crippen LogP contribution in [-0.4, -0.2) is 80.8 Å². The van der Waals surface area contributed by atoms with Crippen molar-refractivity contribution < 1.29 is 14.3 Å². The van der Waals surface area contributed by atoms with Crippen molar-refractivity contribution >= 4 is 53.9 Å². The third-order valence-electron chi connectivity index (χ3n) is 5.48. The number of methoxy groups -OCH3 is 1. The molecule has 0 heterocycles. The van der Waals surface area contributed by atoms with Crippen LogP contribution in [0, 0.1) is 5.92 Å². The molecule has 1 aromatic carbocycles. The zero-order valence-corrected chi connectivity index (χ0v) is 19.8. The Hall–Kier alpha value is -0.720. The molecular formula is C24H40ClN2NaO3. The van der Waals surface area contributed by atoms with Crippen LogP contribution in [-0.2, 0) is 4.79 Å². The molecule has 31 heavy (non-hydrogen) atoms. The number of rotatable bonds is 11. The van der Waals surface area contributed by atoms with E-state index in [0.717, 1.165) is 49.5 Å². The summed E-state index contributed by atoms with van der Waals surface area (Å²) in [4.78, 5) is 14.4. The van der Waals surface area contributed by atoms with Gasteiger partial charge in [-0.1, -0.05) is 13.0 Å². The van der Waals surface area contributed by atoms with Gasteiger partial charge in [0.1, 0.15) is 0 Å².